The normalized spacial score (nSPS) is 25.2. The molecule has 1 fully saturated rings. The zero-order chi connectivity index (χ0) is 15.3. The van der Waals surface area contributed by atoms with Crippen LogP contribution in [0.4, 0.5) is 0 Å². The Morgan fingerprint density at radius 2 is 2.15 bits per heavy atom. The summed E-state index contributed by atoms with van der Waals surface area (Å²) < 4.78 is 5.28. The fraction of sp³-hybridized carbons (Fsp3) is 0.714. The Balaban J connectivity index is 2.40. The highest BCUT2D eigenvalue weighted by Crippen LogP contribution is 2.17. The molecule has 0 aromatic heterocycles. The van der Waals surface area contributed by atoms with Crippen molar-refractivity contribution in [1.82, 2.24) is 5.32 Å². The van der Waals surface area contributed by atoms with Crippen LogP contribution in [0.3, 0.4) is 0 Å². The van der Waals surface area contributed by atoms with E-state index in [9.17, 15) is 14.4 Å². The number of hydrogen-bond donors (Lipinski definition) is 2. The van der Waals surface area contributed by atoms with E-state index in [1.165, 1.54) is 6.42 Å². The topological polar surface area (TPSA) is 98.5 Å². The van der Waals surface area contributed by atoms with Gasteiger partial charge in [0.2, 0.25) is 11.8 Å². The second kappa shape index (κ2) is 7.38. The molecule has 6 nitrogen and oxygen atoms in total. The van der Waals surface area contributed by atoms with Gasteiger partial charge in [0, 0.05) is 12.3 Å². The van der Waals surface area contributed by atoms with Gasteiger partial charge in [0.25, 0.3) is 0 Å². The molecule has 1 heterocycles. The first-order valence-corrected chi connectivity index (χ1v) is 6.94. The summed E-state index contributed by atoms with van der Waals surface area (Å²) in [6.07, 6.45) is 2.32. The molecule has 1 saturated heterocycles. The highest BCUT2D eigenvalue weighted by Gasteiger charge is 2.35. The van der Waals surface area contributed by atoms with Gasteiger partial charge in [0.1, 0.15) is 12.6 Å². The number of carbonyl (C=O) groups is 3. The van der Waals surface area contributed by atoms with E-state index in [1.54, 1.807) is 6.92 Å². The maximum Gasteiger partial charge on any atom is 0.224 e. The highest BCUT2D eigenvalue weighted by atomic mass is 16.5. The number of hydrogen-bond acceptors (Lipinski definition) is 4. The molecule has 6 heteroatoms. The van der Waals surface area contributed by atoms with E-state index in [1.807, 2.05) is 13.8 Å². The Labute approximate surface area is 119 Å². The van der Waals surface area contributed by atoms with Crippen molar-refractivity contribution in [2.24, 2.45) is 17.6 Å². The van der Waals surface area contributed by atoms with Gasteiger partial charge in [0.15, 0.2) is 5.78 Å². The number of nitrogens with two attached hydrogens (primary N) is 1. The minimum atomic E-state index is -0.562. The molecule has 113 valence electrons. The summed E-state index contributed by atoms with van der Waals surface area (Å²) in [6, 6.07) is -0.562. The predicted molar refractivity (Wildman–Crippen MR) is 73.4 cm³/mol. The Hall–Kier alpha value is -1.43. The van der Waals surface area contributed by atoms with Crippen molar-refractivity contribution in [2.45, 2.75) is 45.8 Å². The zero-order valence-electron chi connectivity index (χ0n) is 12.2. The predicted octanol–water partition coefficient (Wildman–Crippen LogP) is 0.201. The molecule has 0 aliphatic carbocycles. The largest absolute Gasteiger partial charge is 0.369 e. The fourth-order valence-electron chi connectivity index (χ4n) is 2.10. The first-order chi connectivity index (χ1) is 9.36. The summed E-state index contributed by atoms with van der Waals surface area (Å²) in [5.74, 6) is -1.10. The van der Waals surface area contributed by atoms with Crippen molar-refractivity contribution >= 4 is 17.6 Å². The second-order valence-corrected chi connectivity index (χ2v) is 5.32. The summed E-state index contributed by atoms with van der Waals surface area (Å²) in [5.41, 5.74) is 5.22. The summed E-state index contributed by atoms with van der Waals surface area (Å²) in [7, 11) is 0. The lowest BCUT2D eigenvalue weighted by atomic mass is 9.91. The van der Waals surface area contributed by atoms with Crippen molar-refractivity contribution in [3.8, 4) is 0 Å². The van der Waals surface area contributed by atoms with Gasteiger partial charge < -0.3 is 15.8 Å². The van der Waals surface area contributed by atoms with Crippen LogP contribution in [0.25, 0.3) is 0 Å². The van der Waals surface area contributed by atoms with Gasteiger partial charge in [-0.15, -0.1) is 0 Å². The van der Waals surface area contributed by atoms with Crippen molar-refractivity contribution in [3.05, 3.63) is 6.42 Å². The molecule has 2 amide bonds. The number of rotatable bonds is 7. The Bertz CT molecular complexity index is 383. The van der Waals surface area contributed by atoms with Crippen molar-refractivity contribution in [1.29, 1.82) is 0 Å². The van der Waals surface area contributed by atoms with Crippen LogP contribution < -0.4 is 11.1 Å². The van der Waals surface area contributed by atoms with Crippen LogP contribution in [0.2, 0.25) is 0 Å². The molecule has 1 radical (unpaired) electrons. The molecule has 3 unspecified atom stereocenters. The third kappa shape index (κ3) is 4.30. The molecule has 4 atom stereocenters. The average Bonchev–Trinajstić information content (AvgIpc) is 2.75. The molecule has 20 heavy (non-hydrogen) atoms. The van der Waals surface area contributed by atoms with E-state index in [0.29, 0.717) is 12.8 Å². The molecular formula is C14H23N2O4. The van der Waals surface area contributed by atoms with Crippen LogP contribution in [-0.4, -0.2) is 36.4 Å². The average molecular weight is 283 g/mol. The van der Waals surface area contributed by atoms with Gasteiger partial charge in [-0.3, -0.25) is 14.4 Å². The molecule has 0 aromatic rings. The first kappa shape index (κ1) is 16.6. The maximum absolute atomic E-state index is 11.8. The number of carbonyl (C=O) groups excluding carboxylic acids is 3. The van der Waals surface area contributed by atoms with Crippen molar-refractivity contribution in [2.75, 3.05) is 6.61 Å². The SMILES string of the molecule is CC[C@@H]1OCC(=O)C1NC(=O)[CH]CC(C)C(C)C(N)=O. The lowest BCUT2D eigenvalue weighted by molar-refractivity contribution is -0.125. The Morgan fingerprint density at radius 3 is 2.70 bits per heavy atom. The maximum atomic E-state index is 11.8. The monoisotopic (exact) mass is 283 g/mol. The minimum Gasteiger partial charge on any atom is -0.369 e. The molecule has 0 spiro atoms. The number of amides is 2. The van der Waals surface area contributed by atoms with Gasteiger partial charge in [-0.2, -0.15) is 0 Å². The number of Topliss-reactive ketones (excluding diaryl/α,β-unsaturated/α-hetero) is 1. The molecule has 0 bridgehead atoms. The number of ether oxygens (including phenoxy) is 1. The van der Waals surface area contributed by atoms with E-state index in [0.717, 1.165) is 0 Å². The zero-order valence-corrected chi connectivity index (χ0v) is 12.2. The second-order valence-electron chi connectivity index (χ2n) is 5.32. The van der Waals surface area contributed by atoms with Crippen LogP contribution in [0.1, 0.15) is 33.6 Å². The van der Waals surface area contributed by atoms with Crippen LogP contribution in [0.5, 0.6) is 0 Å². The van der Waals surface area contributed by atoms with E-state index in [2.05, 4.69) is 5.32 Å². The van der Waals surface area contributed by atoms with E-state index in [-0.39, 0.29) is 42.1 Å². The molecule has 3 N–H and O–H groups in total. The lowest BCUT2D eigenvalue weighted by Gasteiger charge is -2.19. The van der Waals surface area contributed by atoms with Crippen molar-refractivity contribution in [3.63, 3.8) is 0 Å². The van der Waals surface area contributed by atoms with Crippen LogP contribution in [-0.2, 0) is 19.1 Å². The molecular weight excluding hydrogens is 260 g/mol. The van der Waals surface area contributed by atoms with Gasteiger partial charge in [0.05, 0.1) is 6.10 Å². The highest BCUT2D eigenvalue weighted by molar-refractivity contribution is 5.94. The summed E-state index contributed by atoms with van der Waals surface area (Å²) in [5, 5.41) is 2.67. The van der Waals surface area contributed by atoms with E-state index in [4.69, 9.17) is 10.5 Å². The lowest BCUT2D eigenvalue weighted by Crippen LogP contribution is -2.44. The summed E-state index contributed by atoms with van der Waals surface area (Å²) >= 11 is 0. The van der Waals surface area contributed by atoms with Gasteiger partial charge in [-0.1, -0.05) is 20.8 Å². The van der Waals surface area contributed by atoms with Crippen LogP contribution in [0, 0.1) is 18.3 Å². The molecule has 0 aromatic carbocycles. The molecule has 0 saturated carbocycles. The van der Waals surface area contributed by atoms with Gasteiger partial charge in [-0.05, 0) is 18.8 Å². The number of ketones is 1. The molecule has 1 rings (SSSR count). The first-order valence-electron chi connectivity index (χ1n) is 6.94. The standard InChI is InChI=1S/C14H23N2O4/c1-4-11-13(10(17)7-20-11)16-12(18)6-5-8(2)9(3)14(15)19/h6,8-9,11,13H,4-5,7H2,1-3H3,(H2,15,19)(H,16,18)/t8?,9?,11-,13?/m0/s1. The molecule has 1 aliphatic rings. The van der Waals surface area contributed by atoms with Crippen LogP contribution in [0.15, 0.2) is 0 Å². The Morgan fingerprint density at radius 1 is 1.50 bits per heavy atom. The van der Waals surface area contributed by atoms with Crippen LogP contribution >= 0.6 is 0 Å². The number of primary amides is 1. The Kier molecular flexibility index (Phi) is 6.13. The summed E-state index contributed by atoms with van der Waals surface area (Å²) in [6.45, 7) is 5.55. The third-order valence-corrected chi connectivity index (χ3v) is 3.84. The van der Waals surface area contributed by atoms with Gasteiger partial charge >= 0.3 is 0 Å². The number of nitrogens with one attached hydrogen (secondary N) is 1. The van der Waals surface area contributed by atoms with Gasteiger partial charge in [-0.25, -0.2) is 0 Å². The summed E-state index contributed by atoms with van der Waals surface area (Å²) in [4.78, 5) is 34.4. The fourth-order valence-corrected chi connectivity index (χ4v) is 2.10. The minimum absolute atomic E-state index is 0.0178. The third-order valence-electron chi connectivity index (χ3n) is 3.84. The quantitative estimate of drug-likeness (QED) is 0.697. The molecule has 1 aliphatic heterocycles. The van der Waals surface area contributed by atoms with E-state index < -0.39 is 6.04 Å². The smallest absolute Gasteiger partial charge is 0.224 e. The van der Waals surface area contributed by atoms with Crippen molar-refractivity contribution < 1.29 is 19.1 Å². The van der Waals surface area contributed by atoms with E-state index >= 15 is 0 Å².